The first-order valence-electron chi connectivity index (χ1n) is 4.22. The molecule has 0 spiro atoms. The molecule has 0 atom stereocenters. The van der Waals surface area contributed by atoms with Crippen molar-refractivity contribution in [3.8, 4) is 0 Å². The van der Waals surface area contributed by atoms with Crippen LogP contribution in [-0.2, 0) is 0 Å². The highest BCUT2D eigenvalue weighted by Crippen LogP contribution is 2.15. The first-order valence-corrected chi connectivity index (χ1v) is 5.56. The minimum Gasteiger partial charge on any atom is -0.434 e. The van der Waals surface area contributed by atoms with Crippen molar-refractivity contribution in [2.75, 3.05) is 0 Å². The number of rotatable bonds is 1. The molecule has 0 fully saturated rings. The van der Waals surface area contributed by atoms with Gasteiger partial charge in [-0.15, -0.1) is 0 Å². The molecule has 2 heteroatoms. The highest BCUT2D eigenvalue weighted by Gasteiger charge is 1.99. The summed E-state index contributed by atoms with van der Waals surface area (Å²) in [5.74, 6) is 0. The van der Waals surface area contributed by atoms with E-state index in [9.17, 15) is 0 Å². The van der Waals surface area contributed by atoms with Crippen LogP contribution in [-0.4, -0.2) is 14.6 Å². The quantitative estimate of drug-likeness (QED) is 0.567. The van der Waals surface area contributed by atoms with Crippen LogP contribution in [0, 0.1) is 0 Å². The Kier molecular flexibility index (Phi) is 3.76. The third kappa shape index (κ3) is 2.67. The Labute approximate surface area is 65.1 Å². The molecule has 0 unspecified atom stereocenters. The molecule has 1 nitrogen and oxygen atoms in total. The molecule has 0 amide bonds. The van der Waals surface area contributed by atoms with Crippen molar-refractivity contribution in [3.05, 3.63) is 11.3 Å². The molecule has 58 valence electrons. The van der Waals surface area contributed by atoms with Crippen LogP contribution in [0.2, 0.25) is 0 Å². The van der Waals surface area contributed by atoms with Gasteiger partial charge in [-0.05, 0) is 25.7 Å². The summed E-state index contributed by atoms with van der Waals surface area (Å²) in [6.07, 6.45) is 10.1. The molecule has 10 heavy (non-hydrogen) atoms. The van der Waals surface area contributed by atoms with Crippen molar-refractivity contribution >= 4 is 9.76 Å². The Morgan fingerprint density at radius 2 is 2.00 bits per heavy atom. The predicted octanol–water partition coefficient (Wildman–Crippen LogP) is 1.30. The molecule has 0 aliphatic heterocycles. The van der Waals surface area contributed by atoms with Crippen molar-refractivity contribution in [1.29, 1.82) is 0 Å². The number of hydrogen-bond acceptors (Lipinski definition) is 1. The predicted molar refractivity (Wildman–Crippen MR) is 46.5 cm³/mol. The molecule has 0 aromatic carbocycles. The van der Waals surface area contributed by atoms with E-state index < -0.39 is 9.76 Å². The monoisotopic (exact) mass is 156 g/mol. The Morgan fingerprint density at radius 1 is 1.20 bits per heavy atom. The van der Waals surface area contributed by atoms with E-state index in [1.807, 2.05) is 0 Å². The van der Waals surface area contributed by atoms with Crippen LogP contribution in [0.5, 0.6) is 0 Å². The average molecular weight is 156 g/mol. The lowest BCUT2D eigenvalue weighted by Crippen LogP contribution is -1.97. The molecular weight excluding hydrogens is 140 g/mol. The molecule has 0 radical (unpaired) electrons. The summed E-state index contributed by atoms with van der Waals surface area (Å²) < 4.78 is 0. The van der Waals surface area contributed by atoms with Crippen LogP contribution < -0.4 is 0 Å². The van der Waals surface area contributed by atoms with Gasteiger partial charge in [-0.1, -0.05) is 24.1 Å². The van der Waals surface area contributed by atoms with E-state index in [4.69, 9.17) is 4.80 Å². The minimum atomic E-state index is -0.808. The van der Waals surface area contributed by atoms with E-state index in [1.54, 1.807) is 0 Å². The second kappa shape index (κ2) is 4.69. The van der Waals surface area contributed by atoms with Crippen LogP contribution in [0.15, 0.2) is 11.3 Å². The summed E-state index contributed by atoms with van der Waals surface area (Å²) >= 11 is 0. The summed E-state index contributed by atoms with van der Waals surface area (Å²) in [4.78, 5) is 8.98. The molecule has 0 aromatic rings. The van der Waals surface area contributed by atoms with Gasteiger partial charge in [0, 0.05) is 0 Å². The SMILES string of the molecule is O[SiH2]C1=CCCCCCC1. The zero-order valence-electron chi connectivity index (χ0n) is 6.47. The summed E-state index contributed by atoms with van der Waals surface area (Å²) in [6.45, 7) is 0. The van der Waals surface area contributed by atoms with Gasteiger partial charge in [0.25, 0.3) is 0 Å². The summed E-state index contributed by atoms with van der Waals surface area (Å²) in [5.41, 5.74) is 0. The third-order valence-electron chi connectivity index (χ3n) is 2.09. The fraction of sp³-hybridized carbons (Fsp3) is 0.750. The van der Waals surface area contributed by atoms with Gasteiger partial charge < -0.3 is 4.80 Å². The Bertz CT molecular complexity index is 120. The lowest BCUT2D eigenvalue weighted by atomic mass is 10.1. The Balaban J connectivity index is 2.35. The molecule has 0 saturated carbocycles. The van der Waals surface area contributed by atoms with Gasteiger partial charge in [-0.3, -0.25) is 0 Å². The molecule has 1 aliphatic rings. The molecule has 0 saturated heterocycles. The van der Waals surface area contributed by atoms with E-state index in [0.29, 0.717) is 0 Å². The highest BCUT2D eigenvalue weighted by molar-refractivity contribution is 6.36. The summed E-state index contributed by atoms with van der Waals surface area (Å²) in [5, 5.41) is 1.39. The summed E-state index contributed by atoms with van der Waals surface area (Å²) in [7, 11) is -0.808. The molecular formula is C8H16OSi. The van der Waals surface area contributed by atoms with Crippen molar-refractivity contribution < 1.29 is 4.80 Å². The van der Waals surface area contributed by atoms with Crippen LogP contribution in [0.25, 0.3) is 0 Å². The highest BCUT2D eigenvalue weighted by atomic mass is 28.2. The number of allylic oxidation sites excluding steroid dienone is 2. The lowest BCUT2D eigenvalue weighted by molar-refractivity contribution is 0.592. The first-order chi connectivity index (χ1) is 4.93. The van der Waals surface area contributed by atoms with E-state index in [1.165, 1.54) is 43.7 Å². The molecule has 1 rings (SSSR count). The maximum absolute atomic E-state index is 8.98. The van der Waals surface area contributed by atoms with Crippen LogP contribution in [0.4, 0.5) is 0 Å². The first kappa shape index (κ1) is 8.02. The average Bonchev–Trinajstić information content (AvgIpc) is 1.87. The van der Waals surface area contributed by atoms with Crippen LogP contribution in [0.1, 0.15) is 38.5 Å². The zero-order chi connectivity index (χ0) is 7.23. The van der Waals surface area contributed by atoms with E-state index in [0.717, 1.165) is 0 Å². The van der Waals surface area contributed by atoms with Gasteiger partial charge in [-0.25, -0.2) is 0 Å². The van der Waals surface area contributed by atoms with Gasteiger partial charge in [0.05, 0.1) is 0 Å². The second-order valence-electron chi connectivity index (χ2n) is 2.97. The Morgan fingerprint density at radius 3 is 2.80 bits per heavy atom. The number of hydrogen-bond donors (Lipinski definition) is 1. The lowest BCUT2D eigenvalue weighted by Gasteiger charge is -2.07. The smallest absolute Gasteiger partial charge is 0.183 e. The topological polar surface area (TPSA) is 20.2 Å². The van der Waals surface area contributed by atoms with Gasteiger partial charge in [0.15, 0.2) is 9.76 Å². The van der Waals surface area contributed by atoms with E-state index >= 15 is 0 Å². The van der Waals surface area contributed by atoms with Crippen molar-refractivity contribution in [3.63, 3.8) is 0 Å². The maximum Gasteiger partial charge on any atom is 0.183 e. The van der Waals surface area contributed by atoms with Gasteiger partial charge >= 0.3 is 0 Å². The molecule has 1 N–H and O–H groups in total. The Hall–Kier alpha value is -0.0831. The van der Waals surface area contributed by atoms with E-state index in [-0.39, 0.29) is 0 Å². The third-order valence-corrected chi connectivity index (χ3v) is 3.14. The van der Waals surface area contributed by atoms with Crippen LogP contribution in [0.3, 0.4) is 0 Å². The fourth-order valence-electron chi connectivity index (χ4n) is 1.40. The van der Waals surface area contributed by atoms with Crippen molar-refractivity contribution in [2.24, 2.45) is 0 Å². The van der Waals surface area contributed by atoms with Gasteiger partial charge in [0.2, 0.25) is 0 Å². The summed E-state index contributed by atoms with van der Waals surface area (Å²) in [6, 6.07) is 0. The van der Waals surface area contributed by atoms with Crippen molar-refractivity contribution in [1.82, 2.24) is 0 Å². The normalized spacial score (nSPS) is 22.3. The zero-order valence-corrected chi connectivity index (χ0v) is 7.89. The largest absolute Gasteiger partial charge is 0.434 e. The van der Waals surface area contributed by atoms with Crippen LogP contribution >= 0.6 is 0 Å². The standard InChI is InChI=1S/C8H16OSi/c9-10-8-6-4-2-1-3-5-7-8/h6,9H,1-5,7,10H2. The molecule has 1 aliphatic carbocycles. The maximum atomic E-state index is 8.98. The van der Waals surface area contributed by atoms with Crippen molar-refractivity contribution in [2.45, 2.75) is 38.5 Å². The molecule has 0 aromatic heterocycles. The molecule has 0 bridgehead atoms. The van der Waals surface area contributed by atoms with E-state index in [2.05, 4.69) is 6.08 Å². The van der Waals surface area contributed by atoms with Gasteiger partial charge in [0.1, 0.15) is 0 Å². The second-order valence-corrected chi connectivity index (χ2v) is 4.20. The molecule has 0 heterocycles. The van der Waals surface area contributed by atoms with Gasteiger partial charge in [-0.2, -0.15) is 0 Å². The fourth-order valence-corrected chi connectivity index (χ4v) is 2.14. The minimum absolute atomic E-state index is 0.808.